The van der Waals surface area contributed by atoms with Crippen LogP contribution < -0.4 is 0 Å². The number of hydrogen-bond donors (Lipinski definition) is 1. The van der Waals surface area contributed by atoms with E-state index in [0.29, 0.717) is 24.3 Å². The normalized spacial score (nSPS) is 15.3. The summed E-state index contributed by atoms with van der Waals surface area (Å²) in [4.78, 5) is 31.9. The van der Waals surface area contributed by atoms with Gasteiger partial charge in [-0.3, -0.25) is 14.5 Å². The van der Waals surface area contributed by atoms with Gasteiger partial charge in [-0.05, 0) is 44.0 Å². The van der Waals surface area contributed by atoms with Crippen LogP contribution in [0.4, 0.5) is 0 Å². The average molecular weight is 374 g/mol. The van der Waals surface area contributed by atoms with Crippen molar-refractivity contribution in [2.75, 3.05) is 26.2 Å². The number of hydrogen-bond acceptors (Lipinski definition) is 3. The van der Waals surface area contributed by atoms with Gasteiger partial charge in [-0.15, -0.1) is 0 Å². The Morgan fingerprint density at radius 1 is 1.08 bits per heavy atom. The van der Waals surface area contributed by atoms with Gasteiger partial charge in [-0.25, -0.2) is 0 Å². The van der Waals surface area contributed by atoms with E-state index in [0.717, 1.165) is 35.9 Å². The molecule has 26 heavy (non-hydrogen) atoms. The van der Waals surface area contributed by atoms with E-state index >= 15 is 0 Å². The SMILES string of the molecule is CC(=O)c1c(C)[nH]c(C(=O)N2CCN(Cc3ccc(Cl)cc3)CC2)c1C. The van der Waals surface area contributed by atoms with Crippen LogP contribution >= 0.6 is 11.6 Å². The molecule has 0 spiro atoms. The van der Waals surface area contributed by atoms with Gasteiger partial charge in [0.25, 0.3) is 5.91 Å². The second kappa shape index (κ2) is 7.64. The molecule has 1 aromatic heterocycles. The Hall–Kier alpha value is -2.11. The van der Waals surface area contributed by atoms with Crippen molar-refractivity contribution in [3.05, 3.63) is 57.4 Å². The van der Waals surface area contributed by atoms with Crippen molar-refractivity contribution in [1.82, 2.24) is 14.8 Å². The van der Waals surface area contributed by atoms with Crippen molar-refractivity contribution in [2.45, 2.75) is 27.3 Å². The van der Waals surface area contributed by atoms with Crippen LogP contribution in [0.2, 0.25) is 5.02 Å². The molecule has 1 aromatic carbocycles. The van der Waals surface area contributed by atoms with Crippen LogP contribution in [-0.2, 0) is 6.54 Å². The third-order valence-corrected chi connectivity index (χ3v) is 5.23. The van der Waals surface area contributed by atoms with Crippen molar-refractivity contribution in [1.29, 1.82) is 0 Å². The predicted octanol–water partition coefficient (Wildman–Crippen LogP) is 3.45. The van der Waals surface area contributed by atoms with Gasteiger partial charge in [0.15, 0.2) is 5.78 Å². The number of aryl methyl sites for hydroxylation is 1. The number of amides is 1. The van der Waals surface area contributed by atoms with Crippen molar-refractivity contribution in [2.24, 2.45) is 0 Å². The quantitative estimate of drug-likeness (QED) is 0.835. The van der Waals surface area contributed by atoms with Crippen molar-refractivity contribution < 1.29 is 9.59 Å². The lowest BCUT2D eigenvalue weighted by atomic mass is 10.1. The topological polar surface area (TPSA) is 56.4 Å². The first-order valence-corrected chi connectivity index (χ1v) is 9.20. The Labute approximate surface area is 158 Å². The number of halogens is 1. The smallest absolute Gasteiger partial charge is 0.270 e. The van der Waals surface area contributed by atoms with E-state index in [1.165, 1.54) is 12.5 Å². The molecule has 0 unspecified atom stereocenters. The van der Waals surface area contributed by atoms with E-state index < -0.39 is 0 Å². The Bertz CT molecular complexity index is 818. The monoisotopic (exact) mass is 373 g/mol. The lowest BCUT2D eigenvalue weighted by molar-refractivity contribution is 0.0622. The Kier molecular flexibility index (Phi) is 5.49. The number of benzene rings is 1. The number of H-pyrrole nitrogens is 1. The van der Waals surface area contributed by atoms with Crippen molar-refractivity contribution in [3.8, 4) is 0 Å². The number of carbonyl (C=O) groups is 2. The summed E-state index contributed by atoms with van der Waals surface area (Å²) in [5.74, 6) is -0.0349. The average Bonchev–Trinajstić information content (AvgIpc) is 2.91. The molecule has 5 nitrogen and oxygen atoms in total. The molecule has 0 aliphatic carbocycles. The zero-order valence-electron chi connectivity index (χ0n) is 15.4. The molecule has 3 rings (SSSR count). The van der Waals surface area contributed by atoms with Gasteiger partial charge in [0.1, 0.15) is 5.69 Å². The van der Waals surface area contributed by atoms with E-state index in [1.807, 2.05) is 43.0 Å². The minimum absolute atomic E-state index is 0.0110. The Balaban J connectivity index is 1.63. The van der Waals surface area contributed by atoms with Gasteiger partial charge in [0, 0.05) is 49.0 Å². The summed E-state index contributed by atoms with van der Waals surface area (Å²) in [5.41, 5.74) is 3.91. The molecule has 1 N–H and O–H groups in total. The minimum atomic E-state index is -0.0238. The molecular weight excluding hydrogens is 350 g/mol. The Morgan fingerprint density at radius 3 is 2.23 bits per heavy atom. The maximum atomic E-state index is 12.9. The van der Waals surface area contributed by atoms with Gasteiger partial charge < -0.3 is 9.88 Å². The van der Waals surface area contributed by atoms with E-state index in [2.05, 4.69) is 9.88 Å². The maximum Gasteiger partial charge on any atom is 0.270 e. The standard InChI is InChI=1S/C20H24ClN3O2/c1-13-18(15(3)25)14(2)22-19(13)20(26)24-10-8-23(9-11-24)12-16-4-6-17(21)7-5-16/h4-7,22H,8-12H2,1-3H3. The third-order valence-electron chi connectivity index (χ3n) is 4.98. The number of nitrogens with zero attached hydrogens (tertiary/aromatic N) is 2. The van der Waals surface area contributed by atoms with Crippen LogP contribution in [0.3, 0.4) is 0 Å². The molecule has 1 amide bonds. The summed E-state index contributed by atoms with van der Waals surface area (Å²) in [6, 6.07) is 7.88. The highest BCUT2D eigenvalue weighted by atomic mass is 35.5. The fourth-order valence-corrected chi connectivity index (χ4v) is 3.73. The number of aromatic nitrogens is 1. The fraction of sp³-hybridized carbons (Fsp3) is 0.400. The molecule has 1 aliphatic rings. The number of rotatable bonds is 4. The van der Waals surface area contributed by atoms with Crippen LogP contribution in [-0.4, -0.2) is 52.7 Å². The highest BCUT2D eigenvalue weighted by Crippen LogP contribution is 2.21. The second-order valence-corrected chi connectivity index (χ2v) is 7.31. The second-order valence-electron chi connectivity index (χ2n) is 6.88. The third kappa shape index (κ3) is 3.84. The number of aromatic amines is 1. The number of piperazine rings is 1. The molecule has 2 heterocycles. The summed E-state index contributed by atoms with van der Waals surface area (Å²) in [6.45, 7) is 9.08. The summed E-state index contributed by atoms with van der Waals surface area (Å²) in [5, 5.41) is 0.741. The predicted molar refractivity (Wildman–Crippen MR) is 103 cm³/mol. The van der Waals surface area contributed by atoms with Gasteiger partial charge >= 0.3 is 0 Å². The lowest BCUT2D eigenvalue weighted by Gasteiger charge is -2.34. The molecule has 1 saturated heterocycles. The molecule has 0 bridgehead atoms. The van der Waals surface area contributed by atoms with E-state index in [4.69, 9.17) is 11.6 Å². The van der Waals surface area contributed by atoms with Gasteiger partial charge in [0.05, 0.1) is 0 Å². The number of carbonyl (C=O) groups excluding carboxylic acids is 2. The Morgan fingerprint density at radius 2 is 1.69 bits per heavy atom. The van der Waals surface area contributed by atoms with E-state index in [1.54, 1.807) is 0 Å². The zero-order valence-corrected chi connectivity index (χ0v) is 16.2. The summed E-state index contributed by atoms with van der Waals surface area (Å²) in [7, 11) is 0. The van der Waals surface area contributed by atoms with Gasteiger partial charge in [0.2, 0.25) is 0 Å². The molecule has 0 radical (unpaired) electrons. The summed E-state index contributed by atoms with van der Waals surface area (Å²) in [6.07, 6.45) is 0. The molecule has 1 aliphatic heterocycles. The first-order valence-electron chi connectivity index (χ1n) is 8.83. The molecule has 1 fully saturated rings. The van der Waals surface area contributed by atoms with Crippen molar-refractivity contribution >= 4 is 23.3 Å². The van der Waals surface area contributed by atoms with E-state index in [9.17, 15) is 9.59 Å². The van der Waals surface area contributed by atoms with E-state index in [-0.39, 0.29) is 11.7 Å². The molecule has 138 valence electrons. The number of Topliss-reactive ketones (excluding diaryl/α,β-unsaturated/α-hetero) is 1. The van der Waals surface area contributed by atoms with Gasteiger partial charge in [-0.2, -0.15) is 0 Å². The molecule has 6 heteroatoms. The van der Waals surface area contributed by atoms with Crippen LogP contribution in [0.25, 0.3) is 0 Å². The highest BCUT2D eigenvalue weighted by Gasteiger charge is 2.26. The fourth-order valence-electron chi connectivity index (χ4n) is 3.61. The molecular formula is C20H24ClN3O2. The van der Waals surface area contributed by atoms with Crippen LogP contribution in [0.1, 0.15) is 44.6 Å². The molecule has 2 aromatic rings. The molecule has 0 atom stereocenters. The van der Waals surface area contributed by atoms with Crippen LogP contribution in [0.15, 0.2) is 24.3 Å². The summed E-state index contributed by atoms with van der Waals surface area (Å²) < 4.78 is 0. The largest absolute Gasteiger partial charge is 0.354 e. The first kappa shape index (κ1) is 18.7. The van der Waals surface area contributed by atoms with Gasteiger partial charge in [-0.1, -0.05) is 23.7 Å². The van der Waals surface area contributed by atoms with Crippen LogP contribution in [0.5, 0.6) is 0 Å². The lowest BCUT2D eigenvalue weighted by Crippen LogP contribution is -2.48. The minimum Gasteiger partial charge on any atom is -0.354 e. The zero-order chi connectivity index (χ0) is 18.8. The summed E-state index contributed by atoms with van der Waals surface area (Å²) >= 11 is 5.93. The molecule has 0 saturated carbocycles. The van der Waals surface area contributed by atoms with Crippen molar-refractivity contribution in [3.63, 3.8) is 0 Å². The maximum absolute atomic E-state index is 12.9. The highest BCUT2D eigenvalue weighted by molar-refractivity contribution is 6.30. The number of nitrogens with one attached hydrogen (secondary N) is 1. The van der Waals surface area contributed by atoms with Crippen LogP contribution in [0, 0.1) is 13.8 Å². The first-order chi connectivity index (χ1) is 12.4. The number of ketones is 1.